The highest BCUT2D eigenvalue weighted by Gasteiger charge is 2.20. The molecule has 0 atom stereocenters. The number of aliphatic imine (C=N–C) groups is 1. The summed E-state index contributed by atoms with van der Waals surface area (Å²) in [5, 5.41) is 7.38. The zero-order valence-electron chi connectivity index (χ0n) is 13.2. The van der Waals surface area contributed by atoms with Gasteiger partial charge in [-0.15, -0.1) is 0 Å². The summed E-state index contributed by atoms with van der Waals surface area (Å²) in [4.78, 5) is 9.48. The van der Waals surface area contributed by atoms with Crippen LogP contribution in [0.1, 0.15) is 32.4 Å². The highest BCUT2D eigenvalue weighted by atomic mass is 16.5. The molecule has 6 heteroatoms. The molecule has 1 N–H and O–H groups in total. The minimum Gasteiger partial charge on any atom is -0.364 e. The van der Waals surface area contributed by atoms with E-state index in [1.807, 2.05) is 6.07 Å². The Balaban J connectivity index is 1.81. The molecule has 0 amide bonds. The van der Waals surface area contributed by atoms with Gasteiger partial charge in [-0.25, -0.2) is 0 Å². The molecule has 1 saturated heterocycles. The van der Waals surface area contributed by atoms with Gasteiger partial charge in [-0.1, -0.05) is 18.5 Å². The Hall–Kier alpha value is -1.56. The van der Waals surface area contributed by atoms with Crippen LogP contribution in [0.2, 0.25) is 0 Å². The molecule has 6 nitrogen and oxygen atoms in total. The quantitative estimate of drug-likeness (QED) is 0.490. The van der Waals surface area contributed by atoms with E-state index in [2.05, 4.69) is 34.1 Å². The Labute approximate surface area is 127 Å². The van der Waals surface area contributed by atoms with Crippen LogP contribution < -0.4 is 5.32 Å². The molecule has 1 aromatic rings. The highest BCUT2D eigenvalue weighted by molar-refractivity contribution is 5.80. The molecule has 2 heterocycles. The van der Waals surface area contributed by atoms with Gasteiger partial charge in [0.25, 0.3) is 0 Å². The first-order valence-corrected chi connectivity index (χ1v) is 7.98. The van der Waals surface area contributed by atoms with Gasteiger partial charge >= 0.3 is 0 Å². The van der Waals surface area contributed by atoms with Crippen molar-refractivity contribution < 1.29 is 4.52 Å². The monoisotopic (exact) mass is 293 g/mol. The van der Waals surface area contributed by atoms with Gasteiger partial charge in [-0.3, -0.25) is 9.89 Å². The number of hydrogen-bond acceptors (Lipinski definition) is 4. The topological polar surface area (TPSA) is 56.9 Å². The SMILES string of the molecule is CCCCN=C(NCC)N1CCN(Cc2ccon2)CC1. The Bertz CT molecular complexity index is 410. The molecule has 0 saturated carbocycles. The first-order valence-electron chi connectivity index (χ1n) is 7.98. The maximum absolute atomic E-state index is 4.89. The molecule has 118 valence electrons. The van der Waals surface area contributed by atoms with E-state index < -0.39 is 0 Å². The van der Waals surface area contributed by atoms with Crippen LogP contribution in [0.5, 0.6) is 0 Å². The largest absolute Gasteiger partial charge is 0.364 e. The van der Waals surface area contributed by atoms with Crippen molar-refractivity contribution in [1.82, 2.24) is 20.3 Å². The van der Waals surface area contributed by atoms with Crippen LogP contribution >= 0.6 is 0 Å². The molecule has 1 aliphatic heterocycles. The molecular formula is C15H27N5O. The highest BCUT2D eigenvalue weighted by Crippen LogP contribution is 2.07. The van der Waals surface area contributed by atoms with Crippen LogP contribution in [-0.4, -0.2) is 60.2 Å². The number of piperazine rings is 1. The van der Waals surface area contributed by atoms with Crippen LogP contribution in [0.4, 0.5) is 0 Å². The lowest BCUT2D eigenvalue weighted by Gasteiger charge is -2.36. The minimum atomic E-state index is 0.869. The van der Waals surface area contributed by atoms with Crippen molar-refractivity contribution in [2.24, 2.45) is 4.99 Å². The third-order valence-corrected chi connectivity index (χ3v) is 3.66. The Morgan fingerprint density at radius 3 is 2.76 bits per heavy atom. The summed E-state index contributed by atoms with van der Waals surface area (Å²) in [6.45, 7) is 11.1. The Morgan fingerprint density at radius 2 is 2.14 bits per heavy atom. The van der Waals surface area contributed by atoms with Crippen LogP contribution in [0.25, 0.3) is 0 Å². The average molecular weight is 293 g/mol. The summed E-state index contributed by atoms with van der Waals surface area (Å²) in [5.74, 6) is 1.06. The zero-order chi connectivity index (χ0) is 14.9. The average Bonchev–Trinajstić information content (AvgIpc) is 3.00. The summed E-state index contributed by atoms with van der Waals surface area (Å²) < 4.78 is 4.89. The van der Waals surface area contributed by atoms with Crippen LogP contribution in [0.3, 0.4) is 0 Å². The second-order valence-electron chi connectivity index (χ2n) is 5.34. The van der Waals surface area contributed by atoms with E-state index in [1.165, 1.54) is 6.42 Å². The fraction of sp³-hybridized carbons (Fsp3) is 0.733. The van der Waals surface area contributed by atoms with E-state index in [0.717, 1.165) is 63.9 Å². The van der Waals surface area contributed by atoms with Crippen molar-refractivity contribution in [3.8, 4) is 0 Å². The van der Waals surface area contributed by atoms with Gasteiger partial charge < -0.3 is 14.7 Å². The van der Waals surface area contributed by atoms with E-state index in [4.69, 9.17) is 9.52 Å². The second kappa shape index (κ2) is 8.67. The van der Waals surface area contributed by atoms with Crippen molar-refractivity contribution >= 4 is 5.96 Å². The van der Waals surface area contributed by atoms with E-state index in [-0.39, 0.29) is 0 Å². The van der Waals surface area contributed by atoms with Crippen LogP contribution in [-0.2, 0) is 6.54 Å². The molecule has 1 aromatic heterocycles. The van der Waals surface area contributed by atoms with Gasteiger partial charge in [0.1, 0.15) is 6.26 Å². The van der Waals surface area contributed by atoms with Crippen molar-refractivity contribution in [3.05, 3.63) is 18.0 Å². The molecule has 0 aromatic carbocycles. The predicted molar refractivity (Wildman–Crippen MR) is 84.2 cm³/mol. The molecule has 0 radical (unpaired) electrons. The number of nitrogens with zero attached hydrogens (tertiary/aromatic N) is 4. The number of aromatic nitrogens is 1. The van der Waals surface area contributed by atoms with Crippen molar-refractivity contribution in [2.45, 2.75) is 33.2 Å². The van der Waals surface area contributed by atoms with Gasteiger partial charge in [0.05, 0.1) is 5.69 Å². The zero-order valence-corrected chi connectivity index (χ0v) is 13.2. The van der Waals surface area contributed by atoms with Gasteiger partial charge in [-0.05, 0) is 13.3 Å². The first kappa shape index (κ1) is 15.8. The van der Waals surface area contributed by atoms with Gasteiger partial charge in [0.2, 0.25) is 0 Å². The lowest BCUT2D eigenvalue weighted by atomic mass is 10.3. The number of guanidine groups is 1. The van der Waals surface area contributed by atoms with E-state index in [0.29, 0.717) is 0 Å². The number of hydrogen-bond donors (Lipinski definition) is 1. The first-order chi connectivity index (χ1) is 10.3. The standard InChI is InChI=1S/C15H27N5O/c1-3-5-7-17-15(16-4-2)20-10-8-19(9-11-20)13-14-6-12-21-18-14/h6,12H,3-5,7-11,13H2,1-2H3,(H,16,17). The molecule has 21 heavy (non-hydrogen) atoms. The summed E-state index contributed by atoms with van der Waals surface area (Å²) in [6, 6.07) is 1.93. The molecule has 0 spiro atoms. The summed E-state index contributed by atoms with van der Waals surface area (Å²) in [5.41, 5.74) is 1.01. The van der Waals surface area contributed by atoms with Gasteiger partial charge in [0, 0.05) is 51.9 Å². The van der Waals surface area contributed by atoms with E-state index >= 15 is 0 Å². The van der Waals surface area contributed by atoms with Crippen LogP contribution in [0, 0.1) is 0 Å². The fourth-order valence-electron chi connectivity index (χ4n) is 2.43. The number of unbranched alkanes of at least 4 members (excludes halogenated alkanes) is 1. The van der Waals surface area contributed by atoms with Crippen molar-refractivity contribution in [2.75, 3.05) is 39.3 Å². The lowest BCUT2D eigenvalue weighted by Crippen LogP contribution is -2.52. The molecule has 0 aliphatic carbocycles. The maximum atomic E-state index is 4.89. The van der Waals surface area contributed by atoms with Crippen molar-refractivity contribution in [3.63, 3.8) is 0 Å². The molecule has 1 fully saturated rings. The van der Waals surface area contributed by atoms with E-state index in [1.54, 1.807) is 6.26 Å². The number of rotatable bonds is 6. The molecule has 0 bridgehead atoms. The van der Waals surface area contributed by atoms with Gasteiger partial charge in [-0.2, -0.15) is 0 Å². The van der Waals surface area contributed by atoms with Crippen LogP contribution in [0.15, 0.2) is 21.8 Å². The lowest BCUT2D eigenvalue weighted by molar-refractivity contribution is 0.169. The van der Waals surface area contributed by atoms with E-state index in [9.17, 15) is 0 Å². The molecular weight excluding hydrogens is 266 g/mol. The predicted octanol–water partition coefficient (Wildman–Crippen LogP) is 1.56. The minimum absolute atomic E-state index is 0.869. The fourth-order valence-corrected chi connectivity index (χ4v) is 2.43. The Kier molecular flexibility index (Phi) is 6.53. The normalized spacial score (nSPS) is 17.2. The summed E-state index contributed by atoms with van der Waals surface area (Å²) in [7, 11) is 0. The van der Waals surface area contributed by atoms with Gasteiger partial charge in [0.15, 0.2) is 5.96 Å². The Morgan fingerprint density at radius 1 is 1.33 bits per heavy atom. The third kappa shape index (κ3) is 5.04. The molecule has 1 aliphatic rings. The molecule has 0 unspecified atom stereocenters. The third-order valence-electron chi connectivity index (χ3n) is 3.66. The molecule has 2 rings (SSSR count). The smallest absolute Gasteiger partial charge is 0.194 e. The maximum Gasteiger partial charge on any atom is 0.194 e. The number of nitrogens with one attached hydrogen (secondary N) is 1. The summed E-state index contributed by atoms with van der Waals surface area (Å²) in [6.07, 6.45) is 3.98. The second-order valence-corrected chi connectivity index (χ2v) is 5.34. The van der Waals surface area contributed by atoms with Crippen molar-refractivity contribution in [1.29, 1.82) is 0 Å². The summed E-state index contributed by atoms with van der Waals surface area (Å²) >= 11 is 0.